The zero-order valence-corrected chi connectivity index (χ0v) is 12.3. The fraction of sp³-hybridized carbons (Fsp3) is 0.0556. The first-order chi connectivity index (χ1) is 11.1. The number of hydrogen-bond donors (Lipinski definition) is 1. The maximum absolute atomic E-state index is 13.9. The first kappa shape index (κ1) is 15.0. The molecule has 1 N–H and O–H groups in total. The number of benzene rings is 2. The Kier molecular flexibility index (Phi) is 3.93. The molecule has 3 aromatic rings. The predicted octanol–water partition coefficient (Wildman–Crippen LogP) is 4.30. The van der Waals surface area contributed by atoms with E-state index in [9.17, 15) is 13.6 Å². The van der Waals surface area contributed by atoms with E-state index in [4.69, 9.17) is 0 Å². The fourth-order valence-corrected chi connectivity index (χ4v) is 2.35. The predicted molar refractivity (Wildman–Crippen MR) is 84.7 cm³/mol. The van der Waals surface area contributed by atoms with Gasteiger partial charge in [-0.15, -0.1) is 0 Å². The Bertz CT molecular complexity index is 913. The highest BCUT2D eigenvalue weighted by Crippen LogP contribution is 2.27. The maximum atomic E-state index is 13.9. The molecule has 0 bridgehead atoms. The van der Waals surface area contributed by atoms with Crippen molar-refractivity contribution in [2.75, 3.05) is 7.11 Å². The fourth-order valence-electron chi connectivity index (χ4n) is 2.35. The van der Waals surface area contributed by atoms with Crippen LogP contribution in [0, 0.1) is 11.6 Å². The number of fused-ring (bicyclic) bond motifs is 1. The Morgan fingerprint density at radius 3 is 2.74 bits per heavy atom. The van der Waals surface area contributed by atoms with E-state index in [1.165, 1.54) is 13.2 Å². The second-order valence-electron chi connectivity index (χ2n) is 5.01. The van der Waals surface area contributed by atoms with Crippen molar-refractivity contribution in [2.24, 2.45) is 0 Å². The van der Waals surface area contributed by atoms with Crippen molar-refractivity contribution in [3.8, 4) is 11.1 Å². The molecule has 2 aromatic carbocycles. The number of ether oxygens (including phenoxy) is 1. The van der Waals surface area contributed by atoms with Gasteiger partial charge in [0.15, 0.2) is 0 Å². The highest BCUT2D eigenvalue weighted by molar-refractivity contribution is 5.90. The van der Waals surface area contributed by atoms with Crippen LogP contribution in [0.1, 0.15) is 5.69 Å². The molecular formula is C18H13F2NO2. The lowest BCUT2D eigenvalue weighted by Gasteiger charge is -2.04. The minimum Gasteiger partial charge on any atom is -0.466 e. The van der Waals surface area contributed by atoms with E-state index < -0.39 is 17.6 Å². The standard InChI is InChI=1S/C18H13F2NO2/c1-23-18(22)7-5-14-8-12-3-2-11(9-17(12)21-14)15-10-13(19)4-6-16(15)20/h2-10,21H,1H3/b7-5+. The third-order valence-corrected chi connectivity index (χ3v) is 3.48. The number of aromatic amines is 1. The first-order valence-corrected chi connectivity index (χ1v) is 6.91. The van der Waals surface area contributed by atoms with Crippen molar-refractivity contribution >= 4 is 22.9 Å². The summed E-state index contributed by atoms with van der Waals surface area (Å²) in [6.07, 6.45) is 2.89. The molecule has 0 atom stereocenters. The van der Waals surface area contributed by atoms with Crippen LogP contribution in [0.2, 0.25) is 0 Å². The number of H-pyrrole nitrogens is 1. The number of esters is 1. The van der Waals surface area contributed by atoms with Gasteiger partial charge in [0.05, 0.1) is 7.11 Å². The van der Waals surface area contributed by atoms with E-state index in [0.717, 1.165) is 29.1 Å². The van der Waals surface area contributed by atoms with Gasteiger partial charge in [0.1, 0.15) is 11.6 Å². The first-order valence-electron chi connectivity index (χ1n) is 6.91. The molecule has 0 radical (unpaired) electrons. The minimum atomic E-state index is -0.491. The van der Waals surface area contributed by atoms with Crippen molar-refractivity contribution in [2.45, 2.75) is 0 Å². The molecule has 1 aromatic heterocycles. The van der Waals surface area contributed by atoms with Crippen LogP contribution in [0.4, 0.5) is 8.78 Å². The highest BCUT2D eigenvalue weighted by atomic mass is 19.1. The zero-order chi connectivity index (χ0) is 16.4. The van der Waals surface area contributed by atoms with Crippen LogP contribution in [0.3, 0.4) is 0 Å². The largest absolute Gasteiger partial charge is 0.466 e. The maximum Gasteiger partial charge on any atom is 0.330 e. The summed E-state index contributed by atoms with van der Waals surface area (Å²) in [5, 5.41) is 0.898. The van der Waals surface area contributed by atoms with Gasteiger partial charge in [-0.05, 0) is 42.0 Å². The smallest absolute Gasteiger partial charge is 0.330 e. The molecule has 3 nitrogen and oxygen atoms in total. The SMILES string of the molecule is COC(=O)/C=C/c1cc2ccc(-c3cc(F)ccc3F)cc2[nH]1. The zero-order valence-electron chi connectivity index (χ0n) is 12.3. The normalized spacial score (nSPS) is 11.3. The van der Waals surface area contributed by atoms with Crippen LogP contribution >= 0.6 is 0 Å². The van der Waals surface area contributed by atoms with Crippen molar-refractivity contribution in [1.29, 1.82) is 0 Å². The van der Waals surface area contributed by atoms with E-state index >= 15 is 0 Å². The number of methoxy groups -OCH3 is 1. The van der Waals surface area contributed by atoms with Crippen molar-refractivity contribution < 1.29 is 18.3 Å². The van der Waals surface area contributed by atoms with E-state index in [-0.39, 0.29) is 5.56 Å². The molecular weight excluding hydrogens is 300 g/mol. The Balaban J connectivity index is 2.00. The molecule has 0 amide bonds. The summed E-state index contributed by atoms with van der Waals surface area (Å²) in [7, 11) is 1.30. The lowest BCUT2D eigenvalue weighted by molar-refractivity contribution is -0.134. The third-order valence-electron chi connectivity index (χ3n) is 3.48. The number of halogens is 2. The molecule has 0 aliphatic rings. The van der Waals surface area contributed by atoms with Crippen LogP contribution < -0.4 is 0 Å². The average Bonchev–Trinajstić information content (AvgIpc) is 2.96. The minimum absolute atomic E-state index is 0.202. The molecule has 1 heterocycles. The van der Waals surface area contributed by atoms with Gasteiger partial charge >= 0.3 is 5.97 Å². The van der Waals surface area contributed by atoms with Gasteiger partial charge in [0.2, 0.25) is 0 Å². The number of aromatic nitrogens is 1. The molecule has 0 aliphatic heterocycles. The summed E-state index contributed by atoms with van der Waals surface area (Å²) in [5.74, 6) is -1.43. The van der Waals surface area contributed by atoms with Crippen LogP contribution in [0.5, 0.6) is 0 Å². The summed E-state index contributed by atoms with van der Waals surface area (Å²) in [4.78, 5) is 14.2. The van der Waals surface area contributed by atoms with E-state index in [2.05, 4.69) is 9.72 Å². The number of carbonyl (C=O) groups excluding carboxylic acids is 1. The van der Waals surface area contributed by atoms with Crippen LogP contribution in [-0.4, -0.2) is 18.1 Å². The Morgan fingerprint density at radius 2 is 1.96 bits per heavy atom. The lowest BCUT2D eigenvalue weighted by Crippen LogP contribution is -1.93. The van der Waals surface area contributed by atoms with Gasteiger partial charge < -0.3 is 9.72 Å². The lowest BCUT2D eigenvalue weighted by atomic mass is 10.0. The average molecular weight is 313 g/mol. The third kappa shape index (κ3) is 3.13. The summed E-state index contributed by atoms with van der Waals surface area (Å²) in [6.45, 7) is 0. The van der Waals surface area contributed by atoms with Crippen LogP contribution in [-0.2, 0) is 9.53 Å². The molecule has 3 rings (SSSR count). The summed E-state index contributed by atoms with van der Waals surface area (Å²) >= 11 is 0. The Hall–Kier alpha value is -2.95. The van der Waals surface area contributed by atoms with Crippen molar-refractivity contribution in [3.05, 3.63) is 65.9 Å². The quantitative estimate of drug-likeness (QED) is 0.578. The number of carbonyl (C=O) groups is 1. The van der Waals surface area contributed by atoms with Crippen LogP contribution in [0.15, 0.2) is 48.5 Å². The molecule has 0 spiro atoms. The molecule has 5 heteroatoms. The van der Waals surface area contributed by atoms with Crippen LogP contribution in [0.25, 0.3) is 28.1 Å². The number of hydrogen-bond acceptors (Lipinski definition) is 2. The molecule has 0 aliphatic carbocycles. The van der Waals surface area contributed by atoms with E-state index in [0.29, 0.717) is 11.3 Å². The van der Waals surface area contributed by atoms with Crippen molar-refractivity contribution in [3.63, 3.8) is 0 Å². The number of rotatable bonds is 3. The molecule has 0 saturated heterocycles. The van der Waals surface area contributed by atoms with Gasteiger partial charge in [-0.2, -0.15) is 0 Å². The molecule has 0 unspecified atom stereocenters. The van der Waals surface area contributed by atoms with E-state index in [1.54, 1.807) is 24.3 Å². The second-order valence-corrected chi connectivity index (χ2v) is 5.01. The summed E-state index contributed by atoms with van der Waals surface area (Å²) < 4.78 is 31.7. The van der Waals surface area contributed by atoms with Gasteiger partial charge in [0.25, 0.3) is 0 Å². The Labute approximate surface area is 131 Å². The highest BCUT2D eigenvalue weighted by Gasteiger charge is 2.08. The van der Waals surface area contributed by atoms with Gasteiger partial charge in [-0.3, -0.25) is 0 Å². The topological polar surface area (TPSA) is 42.1 Å². The van der Waals surface area contributed by atoms with Crippen molar-refractivity contribution in [1.82, 2.24) is 4.98 Å². The van der Waals surface area contributed by atoms with Gasteiger partial charge in [0, 0.05) is 28.2 Å². The molecule has 23 heavy (non-hydrogen) atoms. The Morgan fingerprint density at radius 1 is 1.13 bits per heavy atom. The van der Waals surface area contributed by atoms with E-state index in [1.807, 2.05) is 6.07 Å². The number of nitrogens with one attached hydrogen (secondary N) is 1. The molecule has 0 fully saturated rings. The summed E-state index contributed by atoms with van der Waals surface area (Å²) in [5.41, 5.74) is 2.24. The van der Waals surface area contributed by atoms with Gasteiger partial charge in [-0.1, -0.05) is 12.1 Å². The molecule has 116 valence electrons. The monoisotopic (exact) mass is 313 g/mol. The van der Waals surface area contributed by atoms with Gasteiger partial charge in [-0.25, -0.2) is 13.6 Å². The molecule has 0 saturated carbocycles. The summed E-state index contributed by atoms with van der Waals surface area (Å²) in [6, 6.07) is 10.5. The second kappa shape index (κ2) is 6.04.